The Labute approximate surface area is 114 Å². The smallest absolute Gasteiger partial charge is 0.209 e. The Kier molecular flexibility index (Phi) is 4.33. The van der Waals surface area contributed by atoms with E-state index < -0.39 is 5.82 Å². The molecule has 102 valence electrons. The first kappa shape index (κ1) is 13.8. The molecule has 1 atom stereocenters. The Morgan fingerprint density at radius 1 is 1.53 bits per heavy atom. The lowest BCUT2D eigenvalue weighted by Gasteiger charge is -2.12. The maximum atomic E-state index is 13.6. The lowest BCUT2D eigenvalue weighted by molar-refractivity contribution is 0.386. The minimum absolute atomic E-state index is 0.209. The molecule has 2 N–H and O–H groups in total. The highest BCUT2D eigenvalue weighted by Crippen LogP contribution is 2.24. The number of aromatic nitrogens is 4. The summed E-state index contributed by atoms with van der Waals surface area (Å²) in [7, 11) is 3.18. The Balaban J connectivity index is 2.02. The molecule has 0 aliphatic rings. The molecule has 0 saturated heterocycles. The molecular formula is C11H14FN5OS. The van der Waals surface area contributed by atoms with Crippen LogP contribution in [0.3, 0.4) is 0 Å². The van der Waals surface area contributed by atoms with Crippen molar-refractivity contribution < 1.29 is 9.13 Å². The summed E-state index contributed by atoms with van der Waals surface area (Å²) >= 11 is 1.42. The van der Waals surface area contributed by atoms with E-state index in [1.807, 2.05) is 0 Å². The molecule has 1 unspecified atom stereocenters. The fraction of sp³-hybridized carbons (Fsp3) is 0.364. The summed E-state index contributed by atoms with van der Waals surface area (Å²) in [5.74, 6) is 0.349. The fourth-order valence-electron chi connectivity index (χ4n) is 1.52. The molecule has 8 heteroatoms. The van der Waals surface area contributed by atoms with Crippen LogP contribution in [0, 0.1) is 5.82 Å². The Morgan fingerprint density at radius 2 is 2.32 bits per heavy atom. The summed E-state index contributed by atoms with van der Waals surface area (Å²) in [5, 5.41) is 11.8. The van der Waals surface area contributed by atoms with Crippen LogP contribution in [0.4, 0.5) is 4.39 Å². The third kappa shape index (κ3) is 3.21. The largest absolute Gasteiger partial charge is 0.494 e. The van der Waals surface area contributed by atoms with E-state index in [1.54, 1.807) is 23.9 Å². The van der Waals surface area contributed by atoms with E-state index in [9.17, 15) is 4.39 Å². The first-order valence-electron chi connectivity index (χ1n) is 5.56. The van der Waals surface area contributed by atoms with Crippen molar-refractivity contribution in [3.8, 4) is 5.75 Å². The molecule has 0 radical (unpaired) electrons. The summed E-state index contributed by atoms with van der Waals surface area (Å²) in [4.78, 5) is 0. The predicted octanol–water partition coefficient (Wildman–Crippen LogP) is 1.15. The average molecular weight is 283 g/mol. The number of halogens is 1. The number of aryl methyl sites for hydroxylation is 1. The first-order valence-corrected chi connectivity index (χ1v) is 6.54. The van der Waals surface area contributed by atoms with Crippen molar-refractivity contribution in [1.82, 2.24) is 20.2 Å². The molecule has 0 fully saturated rings. The second-order valence-corrected chi connectivity index (χ2v) is 4.88. The highest BCUT2D eigenvalue weighted by atomic mass is 32.2. The molecule has 1 aromatic heterocycles. The zero-order valence-electron chi connectivity index (χ0n) is 10.6. The van der Waals surface area contributed by atoms with Gasteiger partial charge in [0.05, 0.1) is 7.11 Å². The summed E-state index contributed by atoms with van der Waals surface area (Å²) < 4.78 is 20.0. The molecule has 6 nitrogen and oxygen atoms in total. The molecular weight excluding hydrogens is 269 g/mol. The van der Waals surface area contributed by atoms with Gasteiger partial charge < -0.3 is 10.5 Å². The van der Waals surface area contributed by atoms with Crippen LogP contribution in [0.5, 0.6) is 5.75 Å². The van der Waals surface area contributed by atoms with Crippen LogP contribution in [0.2, 0.25) is 0 Å². The number of tetrazole rings is 1. The molecule has 0 spiro atoms. The number of benzene rings is 1. The molecule has 2 aromatic rings. The standard InChI is InChI=1S/C11H14FN5OS/c1-17-11(14-15-16-17)19-6-9(13)7-3-4-10(18-2)8(12)5-7/h3-5,9H,6,13H2,1-2H3. The Hall–Kier alpha value is -1.67. The van der Waals surface area contributed by atoms with E-state index in [1.165, 1.54) is 24.9 Å². The molecule has 0 aliphatic heterocycles. The third-order valence-corrected chi connectivity index (χ3v) is 3.71. The van der Waals surface area contributed by atoms with Crippen LogP contribution in [-0.2, 0) is 7.05 Å². The number of ether oxygens (including phenoxy) is 1. The van der Waals surface area contributed by atoms with Gasteiger partial charge in [0, 0.05) is 18.8 Å². The van der Waals surface area contributed by atoms with E-state index in [0.29, 0.717) is 16.5 Å². The van der Waals surface area contributed by atoms with Gasteiger partial charge in [0.25, 0.3) is 0 Å². The maximum absolute atomic E-state index is 13.6. The number of hydrogen-bond donors (Lipinski definition) is 1. The Morgan fingerprint density at radius 3 is 2.89 bits per heavy atom. The molecule has 0 aliphatic carbocycles. The normalized spacial score (nSPS) is 12.4. The van der Waals surface area contributed by atoms with Crippen LogP contribution in [0.25, 0.3) is 0 Å². The van der Waals surface area contributed by atoms with Gasteiger partial charge in [-0.15, -0.1) is 5.10 Å². The quantitative estimate of drug-likeness (QED) is 0.829. The van der Waals surface area contributed by atoms with Crippen molar-refractivity contribution in [3.63, 3.8) is 0 Å². The van der Waals surface area contributed by atoms with Crippen LogP contribution in [-0.4, -0.2) is 33.1 Å². The van der Waals surface area contributed by atoms with Crippen molar-refractivity contribution in [2.45, 2.75) is 11.2 Å². The SMILES string of the molecule is COc1ccc(C(N)CSc2nnnn2C)cc1F. The van der Waals surface area contributed by atoms with E-state index in [-0.39, 0.29) is 11.8 Å². The predicted molar refractivity (Wildman–Crippen MR) is 69.4 cm³/mol. The lowest BCUT2D eigenvalue weighted by Crippen LogP contribution is -2.13. The molecule has 2 rings (SSSR count). The van der Waals surface area contributed by atoms with Gasteiger partial charge in [0.1, 0.15) is 0 Å². The maximum Gasteiger partial charge on any atom is 0.209 e. The fourth-order valence-corrected chi connectivity index (χ4v) is 2.36. The van der Waals surface area contributed by atoms with Gasteiger partial charge in [0.15, 0.2) is 11.6 Å². The van der Waals surface area contributed by atoms with Crippen LogP contribution < -0.4 is 10.5 Å². The highest BCUT2D eigenvalue weighted by Gasteiger charge is 2.12. The van der Waals surface area contributed by atoms with E-state index in [2.05, 4.69) is 15.5 Å². The third-order valence-electron chi connectivity index (χ3n) is 2.58. The second-order valence-electron chi connectivity index (χ2n) is 3.90. The van der Waals surface area contributed by atoms with Gasteiger partial charge in [-0.25, -0.2) is 9.07 Å². The second kappa shape index (κ2) is 5.98. The van der Waals surface area contributed by atoms with E-state index in [0.717, 1.165) is 0 Å². The zero-order chi connectivity index (χ0) is 13.8. The molecule has 0 amide bonds. The van der Waals surface area contributed by atoms with Gasteiger partial charge in [-0.05, 0) is 28.1 Å². The van der Waals surface area contributed by atoms with Gasteiger partial charge in [0.2, 0.25) is 5.16 Å². The first-order chi connectivity index (χ1) is 9.11. The molecule has 1 heterocycles. The van der Waals surface area contributed by atoms with Crippen molar-refractivity contribution in [2.75, 3.05) is 12.9 Å². The highest BCUT2D eigenvalue weighted by molar-refractivity contribution is 7.99. The van der Waals surface area contributed by atoms with Crippen molar-refractivity contribution in [2.24, 2.45) is 12.8 Å². The minimum atomic E-state index is -0.416. The number of nitrogens with two attached hydrogens (primary N) is 1. The minimum Gasteiger partial charge on any atom is -0.494 e. The average Bonchev–Trinajstić information content (AvgIpc) is 2.81. The van der Waals surface area contributed by atoms with E-state index in [4.69, 9.17) is 10.5 Å². The van der Waals surface area contributed by atoms with E-state index >= 15 is 0 Å². The zero-order valence-corrected chi connectivity index (χ0v) is 11.4. The van der Waals surface area contributed by atoms with Crippen molar-refractivity contribution >= 4 is 11.8 Å². The summed E-state index contributed by atoms with van der Waals surface area (Å²) in [6, 6.07) is 4.40. The molecule has 0 bridgehead atoms. The lowest BCUT2D eigenvalue weighted by atomic mass is 10.1. The summed E-state index contributed by atoms with van der Waals surface area (Å²) in [6.45, 7) is 0. The number of thioether (sulfide) groups is 1. The van der Waals surface area contributed by atoms with Gasteiger partial charge in [-0.2, -0.15) is 0 Å². The van der Waals surface area contributed by atoms with Gasteiger partial charge in [-0.1, -0.05) is 17.8 Å². The van der Waals surface area contributed by atoms with Gasteiger partial charge in [-0.3, -0.25) is 0 Å². The van der Waals surface area contributed by atoms with Crippen molar-refractivity contribution in [1.29, 1.82) is 0 Å². The summed E-state index contributed by atoms with van der Waals surface area (Å²) in [5.41, 5.74) is 6.73. The van der Waals surface area contributed by atoms with Gasteiger partial charge >= 0.3 is 0 Å². The monoisotopic (exact) mass is 283 g/mol. The number of hydrogen-bond acceptors (Lipinski definition) is 6. The molecule has 1 aromatic carbocycles. The molecule has 19 heavy (non-hydrogen) atoms. The molecule has 0 saturated carbocycles. The number of rotatable bonds is 5. The number of methoxy groups -OCH3 is 1. The van der Waals surface area contributed by atoms with Crippen LogP contribution in [0.1, 0.15) is 11.6 Å². The topological polar surface area (TPSA) is 78.8 Å². The number of nitrogens with zero attached hydrogens (tertiary/aromatic N) is 4. The Bertz CT molecular complexity index is 562. The van der Waals surface area contributed by atoms with Crippen LogP contribution >= 0.6 is 11.8 Å². The van der Waals surface area contributed by atoms with Crippen molar-refractivity contribution in [3.05, 3.63) is 29.6 Å². The van der Waals surface area contributed by atoms with Crippen LogP contribution in [0.15, 0.2) is 23.4 Å². The summed E-state index contributed by atoms with van der Waals surface area (Å²) in [6.07, 6.45) is 0.